The van der Waals surface area contributed by atoms with Crippen molar-refractivity contribution in [2.24, 2.45) is 0 Å². The highest BCUT2D eigenvalue weighted by atomic mass is 19.3. The predicted molar refractivity (Wildman–Crippen MR) is 110 cm³/mol. The van der Waals surface area contributed by atoms with Crippen LogP contribution in [0.3, 0.4) is 0 Å². The van der Waals surface area contributed by atoms with E-state index in [0.717, 1.165) is 5.56 Å². The molecule has 0 amide bonds. The lowest BCUT2D eigenvalue weighted by Gasteiger charge is -2.26. The lowest BCUT2D eigenvalue weighted by atomic mass is 10.2. The van der Waals surface area contributed by atoms with Crippen molar-refractivity contribution in [2.45, 2.75) is 44.1 Å². The van der Waals surface area contributed by atoms with E-state index in [9.17, 15) is 36.6 Å². The summed E-state index contributed by atoms with van der Waals surface area (Å²) in [6, 6.07) is 7.03. The molecule has 0 saturated carbocycles. The Kier molecular flexibility index (Phi) is 13.9. The predicted octanol–water partition coefficient (Wildman–Crippen LogP) is 2.30. The van der Waals surface area contributed by atoms with Gasteiger partial charge < -0.3 is 34.3 Å². The largest absolute Gasteiger partial charge is 0.495 e. The first-order valence-corrected chi connectivity index (χ1v) is 10.7. The van der Waals surface area contributed by atoms with Crippen molar-refractivity contribution in [2.75, 3.05) is 52.9 Å². The molecule has 9 nitrogen and oxygen atoms in total. The minimum atomic E-state index is -5.42. The van der Waals surface area contributed by atoms with E-state index in [4.69, 9.17) is 14.6 Å². The lowest BCUT2D eigenvalue weighted by molar-refractivity contribution is -0.518. The number of aliphatic hydroxyl groups is 3. The molecule has 0 saturated heterocycles. The Morgan fingerprint density at radius 2 is 1.28 bits per heavy atom. The minimum absolute atomic E-state index is 0.107. The SMILES string of the molecule is Cc1ccc(OCC(O)COCCOCC(F)(F)OC(F)(F)OC(F)(F)COCC(O)CCO)cc1. The number of alkyl halides is 6. The molecule has 0 radical (unpaired) electrons. The maximum absolute atomic E-state index is 13.5. The number of aliphatic hydroxyl groups excluding tert-OH is 3. The van der Waals surface area contributed by atoms with Crippen LogP contribution in [-0.4, -0.2) is 98.9 Å². The average Bonchev–Trinajstić information content (AvgIpc) is 2.74. The molecule has 2 atom stereocenters. The Hall–Kier alpha value is -1.72. The second kappa shape index (κ2) is 15.5. The minimum Gasteiger partial charge on any atom is -0.491 e. The summed E-state index contributed by atoms with van der Waals surface area (Å²) in [6.45, 7) is -4.01. The molecule has 36 heavy (non-hydrogen) atoms. The molecule has 0 spiro atoms. The molecule has 0 fully saturated rings. The molecule has 0 heterocycles. The highest BCUT2D eigenvalue weighted by Gasteiger charge is 2.52. The van der Waals surface area contributed by atoms with E-state index in [1.807, 2.05) is 19.1 Å². The Labute approximate surface area is 203 Å². The highest BCUT2D eigenvalue weighted by Crippen LogP contribution is 2.33. The summed E-state index contributed by atoms with van der Waals surface area (Å²) < 4.78 is 106. The fourth-order valence-electron chi connectivity index (χ4n) is 2.38. The second-order valence-corrected chi connectivity index (χ2v) is 7.53. The van der Waals surface area contributed by atoms with Gasteiger partial charge in [0.15, 0.2) is 0 Å². The first kappa shape index (κ1) is 32.3. The van der Waals surface area contributed by atoms with E-state index in [0.29, 0.717) is 5.75 Å². The Bertz CT molecular complexity index is 724. The summed E-state index contributed by atoms with van der Waals surface area (Å²) >= 11 is 0. The Morgan fingerprint density at radius 3 is 1.86 bits per heavy atom. The third-order valence-corrected chi connectivity index (χ3v) is 3.99. The number of halogens is 6. The zero-order valence-corrected chi connectivity index (χ0v) is 19.4. The molecule has 0 aromatic heterocycles. The number of benzene rings is 1. The van der Waals surface area contributed by atoms with E-state index in [1.54, 1.807) is 12.1 Å². The molecule has 3 N–H and O–H groups in total. The van der Waals surface area contributed by atoms with Crippen LogP contribution < -0.4 is 4.74 Å². The summed E-state index contributed by atoms with van der Waals surface area (Å²) in [5, 5.41) is 27.5. The van der Waals surface area contributed by atoms with Crippen molar-refractivity contribution in [1.29, 1.82) is 0 Å². The Balaban J connectivity index is 2.24. The van der Waals surface area contributed by atoms with Gasteiger partial charge in [-0.3, -0.25) is 0 Å². The van der Waals surface area contributed by atoms with Gasteiger partial charge in [-0.15, -0.1) is 8.78 Å². The molecular formula is C21H30F6O9. The van der Waals surface area contributed by atoms with Gasteiger partial charge in [0.25, 0.3) is 0 Å². The fourth-order valence-corrected chi connectivity index (χ4v) is 2.38. The maximum Gasteiger partial charge on any atom is 0.495 e. The van der Waals surface area contributed by atoms with E-state index in [-0.39, 0.29) is 26.2 Å². The second-order valence-electron chi connectivity index (χ2n) is 7.53. The summed E-state index contributed by atoms with van der Waals surface area (Å²) in [6.07, 6.45) is -17.5. The van der Waals surface area contributed by atoms with Crippen LogP contribution in [0, 0.1) is 6.92 Å². The summed E-state index contributed by atoms with van der Waals surface area (Å²) in [5.74, 6) is 0.521. The van der Waals surface area contributed by atoms with Crippen LogP contribution in [0.25, 0.3) is 0 Å². The van der Waals surface area contributed by atoms with Gasteiger partial charge in [0.1, 0.15) is 31.7 Å². The molecule has 1 rings (SSSR count). The van der Waals surface area contributed by atoms with Crippen molar-refractivity contribution < 1.29 is 70.1 Å². The number of aryl methyl sites for hydroxylation is 1. The molecule has 0 aliphatic rings. The third kappa shape index (κ3) is 15.4. The van der Waals surface area contributed by atoms with Crippen LogP contribution in [0.1, 0.15) is 12.0 Å². The molecule has 2 unspecified atom stereocenters. The monoisotopic (exact) mass is 540 g/mol. The lowest BCUT2D eigenvalue weighted by Crippen LogP contribution is -2.44. The highest BCUT2D eigenvalue weighted by molar-refractivity contribution is 5.26. The summed E-state index contributed by atoms with van der Waals surface area (Å²) in [4.78, 5) is 0. The van der Waals surface area contributed by atoms with Gasteiger partial charge in [-0.2, -0.15) is 17.6 Å². The Morgan fingerprint density at radius 1 is 0.750 bits per heavy atom. The smallest absolute Gasteiger partial charge is 0.491 e. The molecule has 0 aliphatic heterocycles. The standard InChI is InChI=1S/C21H30F6O9/c1-15-2-4-18(5-3-15)34-12-17(30)11-31-8-9-32-13-19(22,23)35-21(26,27)36-20(24,25)14-33-10-16(29)6-7-28/h2-5,16-17,28-30H,6-14H2,1H3. The molecule has 1 aromatic rings. The van der Waals surface area contributed by atoms with Crippen LogP contribution in [0.15, 0.2) is 24.3 Å². The van der Waals surface area contributed by atoms with Crippen molar-refractivity contribution in [3.05, 3.63) is 29.8 Å². The van der Waals surface area contributed by atoms with Gasteiger partial charge in [-0.25, -0.2) is 9.47 Å². The van der Waals surface area contributed by atoms with Crippen molar-refractivity contribution in [1.82, 2.24) is 0 Å². The average molecular weight is 540 g/mol. The van der Waals surface area contributed by atoms with Crippen molar-refractivity contribution >= 4 is 0 Å². The van der Waals surface area contributed by atoms with Gasteiger partial charge in [0.2, 0.25) is 0 Å². The summed E-state index contributed by atoms with van der Waals surface area (Å²) in [5.41, 5.74) is 1.02. The van der Waals surface area contributed by atoms with Gasteiger partial charge in [-0.1, -0.05) is 17.7 Å². The van der Waals surface area contributed by atoms with Gasteiger partial charge in [0, 0.05) is 6.61 Å². The fraction of sp³-hybridized carbons (Fsp3) is 0.714. The number of hydrogen-bond acceptors (Lipinski definition) is 9. The first-order valence-electron chi connectivity index (χ1n) is 10.7. The van der Waals surface area contributed by atoms with E-state index in [2.05, 4.69) is 18.9 Å². The van der Waals surface area contributed by atoms with E-state index in [1.165, 1.54) is 0 Å². The molecule has 1 aromatic carbocycles. The van der Waals surface area contributed by atoms with Crippen molar-refractivity contribution in [3.8, 4) is 5.75 Å². The van der Waals surface area contributed by atoms with E-state index < -0.39 is 63.8 Å². The number of ether oxygens (including phenoxy) is 6. The first-order chi connectivity index (χ1) is 16.7. The normalized spacial score (nSPS) is 14.6. The third-order valence-electron chi connectivity index (χ3n) is 3.99. The molecule has 210 valence electrons. The van der Waals surface area contributed by atoms with Gasteiger partial charge in [-0.05, 0) is 25.5 Å². The number of rotatable bonds is 20. The van der Waals surface area contributed by atoms with Crippen LogP contribution in [0.2, 0.25) is 0 Å². The van der Waals surface area contributed by atoms with E-state index >= 15 is 0 Å². The van der Waals surface area contributed by atoms with Crippen LogP contribution >= 0.6 is 0 Å². The van der Waals surface area contributed by atoms with Crippen LogP contribution in [0.4, 0.5) is 26.3 Å². The molecule has 0 bridgehead atoms. The maximum atomic E-state index is 13.5. The summed E-state index contributed by atoms with van der Waals surface area (Å²) in [7, 11) is 0. The topological polar surface area (TPSA) is 116 Å². The molecule has 15 heteroatoms. The zero-order valence-electron chi connectivity index (χ0n) is 19.4. The molecule has 0 aliphatic carbocycles. The zero-order chi connectivity index (χ0) is 27.2. The van der Waals surface area contributed by atoms with Gasteiger partial charge >= 0.3 is 18.5 Å². The van der Waals surface area contributed by atoms with Crippen molar-refractivity contribution in [3.63, 3.8) is 0 Å². The van der Waals surface area contributed by atoms with Crippen LogP contribution in [0.5, 0.6) is 5.75 Å². The van der Waals surface area contributed by atoms with Gasteiger partial charge in [0.05, 0.1) is 32.5 Å². The number of hydrogen-bond donors (Lipinski definition) is 3. The molecular weight excluding hydrogens is 510 g/mol. The van der Waals surface area contributed by atoms with Crippen LogP contribution in [-0.2, 0) is 23.7 Å². The quantitative estimate of drug-likeness (QED) is 0.130.